The number of hydrogen-bond acceptors (Lipinski definition) is 4. The normalized spacial score (nSPS) is 15.0. The van der Waals surface area contributed by atoms with E-state index in [1.54, 1.807) is 25.1 Å². The number of benzene rings is 1. The molecule has 1 aliphatic carbocycles. The van der Waals surface area contributed by atoms with Gasteiger partial charge in [0.05, 0.1) is 17.8 Å². The van der Waals surface area contributed by atoms with Crippen molar-refractivity contribution in [1.29, 1.82) is 0 Å². The van der Waals surface area contributed by atoms with E-state index in [9.17, 15) is 9.59 Å². The van der Waals surface area contributed by atoms with E-state index in [-0.39, 0.29) is 18.2 Å². The highest BCUT2D eigenvalue weighted by Crippen LogP contribution is 2.30. The number of aromatic nitrogens is 1. The molecule has 5 nitrogen and oxygen atoms in total. The minimum Gasteiger partial charge on any atom is -0.462 e. The molecule has 0 unspecified atom stereocenters. The van der Waals surface area contributed by atoms with E-state index in [1.807, 2.05) is 0 Å². The van der Waals surface area contributed by atoms with E-state index in [2.05, 4.69) is 10.3 Å². The molecule has 6 heteroatoms. The number of rotatable bonds is 4. The summed E-state index contributed by atoms with van der Waals surface area (Å²) in [5.74, 6) is -0.615. The minimum atomic E-state index is -0.615. The van der Waals surface area contributed by atoms with E-state index in [4.69, 9.17) is 16.3 Å². The SMILES string of the molecule is CCOC(=O)c1c(NC2CCCC2)c2cc(Cl)ccc2[nH]c1=O. The van der Waals surface area contributed by atoms with E-state index >= 15 is 0 Å². The van der Waals surface area contributed by atoms with Gasteiger partial charge < -0.3 is 15.0 Å². The molecule has 1 aromatic heterocycles. The van der Waals surface area contributed by atoms with Crippen LogP contribution in [0.15, 0.2) is 23.0 Å². The number of halogens is 1. The number of anilines is 1. The van der Waals surface area contributed by atoms with Crippen LogP contribution in [0, 0.1) is 0 Å². The average Bonchev–Trinajstić information content (AvgIpc) is 3.01. The lowest BCUT2D eigenvalue weighted by Gasteiger charge is -2.18. The topological polar surface area (TPSA) is 71.2 Å². The van der Waals surface area contributed by atoms with Crippen molar-refractivity contribution in [2.45, 2.75) is 38.6 Å². The first-order chi connectivity index (χ1) is 11.1. The van der Waals surface area contributed by atoms with E-state index < -0.39 is 11.5 Å². The number of H-pyrrole nitrogens is 1. The highest BCUT2D eigenvalue weighted by atomic mass is 35.5. The number of ether oxygens (including phenoxy) is 1. The van der Waals surface area contributed by atoms with Gasteiger partial charge in [0.15, 0.2) is 0 Å². The Morgan fingerprint density at radius 2 is 2.13 bits per heavy atom. The van der Waals surface area contributed by atoms with Crippen molar-refractivity contribution in [2.24, 2.45) is 0 Å². The van der Waals surface area contributed by atoms with Gasteiger partial charge >= 0.3 is 5.97 Å². The van der Waals surface area contributed by atoms with Crippen molar-refractivity contribution >= 4 is 34.2 Å². The van der Waals surface area contributed by atoms with Crippen molar-refractivity contribution < 1.29 is 9.53 Å². The predicted octanol–water partition coefficient (Wildman–Crippen LogP) is 3.71. The summed E-state index contributed by atoms with van der Waals surface area (Å²) < 4.78 is 5.06. The van der Waals surface area contributed by atoms with Crippen molar-refractivity contribution in [3.8, 4) is 0 Å². The van der Waals surface area contributed by atoms with Gasteiger partial charge in [0.25, 0.3) is 5.56 Å². The molecule has 1 heterocycles. The Morgan fingerprint density at radius 1 is 1.39 bits per heavy atom. The smallest absolute Gasteiger partial charge is 0.345 e. The van der Waals surface area contributed by atoms with Gasteiger partial charge in [-0.15, -0.1) is 0 Å². The summed E-state index contributed by atoms with van der Waals surface area (Å²) in [7, 11) is 0. The van der Waals surface area contributed by atoms with E-state index in [0.29, 0.717) is 16.2 Å². The summed E-state index contributed by atoms with van der Waals surface area (Å²) in [4.78, 5) is 27.4. The molecule has 0 spiro atoms. The number of nitrogens with one attached hydrogen (secondary N) is 2. The minimum absolute atomic E-state index is 0.0218. The largest absolute Gasteiger partial charge is 0.462 e. The molecule has 0 radical (unpaired) electrons. The van der Waals surface area contributed by atoms with Crippen LogP contribution in [-0.2, 0) is 4.74 Å². The van der Waals surface area contributed by atoms with Gasteiger partial charge in [0.2, 0.25) is 0 Å². The lowest BCUT2D eigenvalue weighted by Crippen LogP contribution is -2.25. The molecule has 122 valence electrons. The number of pyridine rings is 1. The zero-order valence-electron chi connectivity index (χ0n) is 12.9. The van der Waals surface area contributed by atoms with Crippen LogP contribution in [0.5, 0.6) is 0 Å². The maximum atomic E-state index is 12.4. The van der Waals surface area contributed by atoms with Crippen molar-refractivity contribution in [3.63, 3.8) is 0 Å². The standard InChI is InChI=1S/C17H19ClN2O3/c1-2-23-17(22)14-15(19-11-5-3-4-6-11)12-9-10(18)7-8-13(12)20-16(14)21/h7-9,11H,2-6H2,1H3,(H2,19,20,21). The molecule has 0 amide bonds. The second kappa shape index (κ2) is 6.62. The Balaban J connectivity index is 2.19. The molecule has 1 aliphatic rings. The van der Waals surface area contributed by atoms with Crippen LogP contribution in [-0.4, -0.2) is 23.6 Å². The lowest BCUT2D eigenvalue weighted by atomic mass is 10.1. The molecule has 3 rings (SSSR count). The van der Waals surface area contributed by atoms with Gasteiger partial charge in [-0.2, -0.15) is 0 Å². The number of hydrogen-bond donors (Lipinski definition) is 2. The summed E-state index contributed by atoms with van der Waals surface area (Å²) >= 11 is 6.10. The van der Waals surface area contributed by atoms with Crippen LogP contribution in [0.1, 0.15) is 43.0 Å². The molecule has 1 saturated carbocycles. The van der Waals surface area contributed by atoms with Crippen molar-refractivity contribution in [2.75, 3.05) is 11.9 Å². The zero-order chi connectivity index (χ0) is 16.4. The number of carbonyl (C=O) groups excluding carboxylic acids is 1. The van der Waals surface area contributed by atoms with Crippen LogP contribution in [0.4, 0.5) is 5.69 Å². The van der Waals surface area contributed by atoms with Crippen LogP contribution >= 0.6 is 11.6 Å². The summed E-state index contributed by atoms with van der Waals surface area (Å²) in [5, 5.41) is 4.66. The first-order valence-electron chi connectivity index (χ1n) is 7.89. The van der Waals surface area contributed by atoms with Gasteiger partial charge in [-0.1, -0.05) is 24.4 Å². The molecule has 1 fully saturated rings. The Kier molecular flexibility index (Phi) is 4.57. The molecule has 0 bridgehead atoms. The fourth-order valence-electron chi connectivity index (χ4n) is 3.09. The Labute approximate surface area is 139 Å². The van der Waals surface area contributed by atoms with Gasteiger partial charge in [0, 0.05) is 16.5 Å². The molecule has 2 N–H and O–H groups in total. The second-order valence-corrected chi connectivity index (χ2v) is 6.18. The first kappa shape index (κ1) is 15.9. The van der Waals surface area contributed by atoms with Crippen molar-refractivity contribution in [3.05, 3.63) is 39.1 Å². The summed E-state index contributed by atoms with van der Waals surface area (Å²) in [6, 6.07) is 5.47. The van der Waals surface area contributed by atoms with E-state index in [1.165, 1.54) is 0 Å². The Morgan fingerprint density at radius 3 is 2.83 bits per heavy atom. The van der Waals surface area contributed by atoms with Gasteiger partial charge in [-0.25, -0.2) is 4.79 Å². The number of esters is 1. The number of aromatic amines is 1. The third-order valence-electron chi connectivity index (χ3n) is 4.16. The summed E-state index contributed by atoms with van der Waals surface area (Å²) in [6.45, 7) is 1.93. The molecule has 0 saturated heterocycles. The molecule has 2 aromatic rings. The fraction of sp³-hybridized carbons (Fsp3) is 0.412. The Bertz CT molecular complexity index is 794. The molecular weight excluding hydrogens is 316 g/mol. The maximum Gasteiger partial charge on any atom is 0.345 e. The van der Waals surface area contributed by atoms with Crippen LogP contribution < -0.4 is 10.9 Å². The number of carbonyl (C=O) groups is 1. The van der Waals surface area contributed by atoms with Gasteiger partial charge in [-0.3, -0.25) is 4.79 Å². The molecular formula is C17H19ClN2O3. The quantitative estimate of drug-likeness (QED) is 0.836. The lowest BCUT2D eigenvalue weighted by molar-refractivity contribution is 0.0525. The summed E-state index contributed by atoms with van der Waals surface area (Å²) in [5.41, 5.74) is 0.747. The highest BCUT2D eigenvalue weighted by molar-refractivity contribution is 6.31. The van der Waals surface area contributed by atoms with Crippen LogP contribution in [0.25, 0.3) is 10.9 Å². The highest BCUT2D eigenvalue weighted by Gasteiger charge is 2.24. The predicted molar refractivity (Wildman–Crippen MR) is 91.4 cm³/mol. The summed E-state index contributed by atoms with van der Waals surface area (Å²) in [6.07, 6.45) is 4.34. The van der Waals surface area contributed by atoms with Gasteiger partial charge in [0.1, 0.15) is 5.56 Å². The second-order valence-electron chi connectivity index (χ2n) is 5.74. The molecule has 23 heavy (non-hydrogen) atoms. The molecule has 1 aromatic carbocycles. The third-order valence-corrected chi connectivity index (χ3v) is 4.39. The average molecular weight is 335 g/mol. The van der Waals surface area contributed by atoms with Crippen LogP contribution in [0.2, 0.25) is 5.02 Å². The van der Waals surface area contributed by atoms with Gasteiger partial charge in [-0.05, 0) is 38.0 Å². The fourth-order valence-corrected chi connectivity index (χ4v) is 3.26. The zero-order valence-corrected chi connectivity index (χ0v) is 13.7. The van der Waals surface area contributed by atoms with Crippen molar-refractivity contribution in [1.82, 2.24) is 4.98 Å². The molecule has 0 aliphatic heterocycles. The monoisotopic (exact) mass is 334 g/mol. The van der Waals surface area contributed by atoms with E-state index in [0.717, 1.165) is 31.1 Å². The third kappa shape index (κ3) is 3.20. The van der Waals surface area contributed by atoms with Crippen LogP contribution in [0.3, 0.4) is 0 Å². The molecule has 0 atom stereocenters. The number of fused-ring (bicyclic) bond motifs is 1. The Hall–Kier alpha value is -2.01. The maximum absolute atomic E-state index is 12.4. The first-order valence-corrected chi connectivity index (χ1v) is 8.27.